The third-order valence-corrected chi connectivity index (χ3v) is 7.72. The van der Waals surface area contributed by atoms with Gasteiger partial charge in [-0.1, -0.05) is 19.1 Å². The lowest BCUT2D eigenvalue weighted by molar-refractivity contribution is -0.147. The third kappa shape index (κ3) is 3.55. The van der Waals surface area contributed by atoms with Gasteiger partial charge in [0.2, 0.25) is 11.8 Å². The fraction of sp³-hybridized carbons (Fsp3) is 0.500. The molecule has 1 aromatic heterocycles. The van der Waals surface area contributed by atoms with Gasteiger partial charge >= 0.3 is 0 Å². The molecular weight excluding hydrogens is 437 g/mol. The lowest BCUT2D eigenvalue weighted by Gasteiger charge is -2.36. The smallest absolute Gasteiger partial charge is 0.258 e. The van der Waals surface area contributed by atoms with Crippen molar-refractivity contribution in [3.05, 3.63) is 58.3 Å². The predicted molar refractivity (Wildman–Crippen MR) is 124 cm³/mol. The van der Waals surface area contributed by atoms with Gasteiger partial charge in [-0.25, -0.2) is 4.39 Å². The van der Waals surface area contributed by atoms with Gasteiger partial charge in [-0.2, -0.15) is 0 Å². The van der Waals surface area contributed by atoms with Gasteiger partial charge in [-0.3, -0.25) is 14.4 Å². The second-order valence-corrected chi connectivity index (χ2v) is 9.54. The number of nitrogens with zero attached hydrogens (tertiary/aromatic N) is 3. The number of halogens is 1. The van der Waals surface area contributed by atoms with Crippen LogP contribution in [0.3, 0.4) is 0 Å². The number of carbonyl (C=O) groups is 2. The number of likely N-dealkylation sites (tertiary alicyclic amines) is 2. The molecule has 34 heavy (non-hydrogen) atoms. The molecule has 8 heteroatoms. The maximum Gasteiger partial charge on any atom is 0.258 e. The molecule has 2 aromatic rings. The number of hydrogen-bond donors (Lipinski definition) is 1. The summed E-state index contributed by atoms with van der Waals surface area (Å²) in [7, 11) is 0. The first kappa shape index (κ1) is 22.8. The Hall–Kier alpha value is -3.00. The molecular formula is C26H30FN3O4. The van der Waals surface area contributed by atoms with Crippen LogP contribution in [0.2, 0.25) is 0 Å². The molecule has 1 aromatic carbocycles. The van der Waals surface area contributed by atoms with Crippen molar-refractivity contribution in [2.75, 3.05) is 19.7 Å². The molecule has 180 valence electrons. The van der Waals surface area contributed by atoms with Crippen molar-refractivity contribution in [2.24, 2.45) is 11.8 Å². The van der Waals surface area contributed by atoms with E-state index in [1.54, 1.807) is 34.6 Å². The molecule has 5 rings (SSSR count). The summed E-state index contributed by atoms with van der Waals surface area (Å²) in [6, 6.07) is 8.23. The number of aliphatic hydroxyl groups excluding tert-OH is 1. The molecule has 0 saturated carbocycles. The highest BCUT2D eigenvalue weighted by molar-refractivity contribution is 5.89. The summed E-state index contributed by atoms with van der Waals surface area (Å²) >= 11 is 0. The van der Waals surface area contributed by atoms with E-state index < -0.39 is 23.8 Å². The van der Waals surface area contributed by atoms with Crippen LogP contribution in [0.25, 0.3) is 11.1 Å². The topological polar surface area (TPSA) is 82.9 Å². The largest absolute Gasteiger partial charge is 0.396 e. The molecule has 4 heterocycles. The fourth-order valence-corrected chi connectivity index (χ4v) is 6.11. The first-order valence-electron chi connectivity index (χ1n) is 12.2. The molecule has 2 fully saturated rings. The van der Waals surface area contributed by atoms with Crippen molar-refractivity contribution < 1.29 is 19.1 Å². The van der Waals surface area contributed by atoms with Crippen LogP contribution < -0.4 is 5.56 Å². The Kier molecular flexibility index (Phi) is 6.02. The van der Waals surface area contributed by atoms with Crippen LogP contribution in [-0.4, -0.2) is 57.0 Å². The molecule has 0 spiro atoms. The summed E-state index contributed by atoms with van der Waals surface area (Å²) < 4.78 is 15.4. The molecule has 3 aliphatic rings. The molecule has 1 N–H and O–H groups in total. The number of aliphatic hydroxyl groups is 1. The van der Waals surface area contributed by atoms with Crippen LogP contribution in [0, 0.1) is 17.7 Å². The highest BCUT2D eigenvalue weighted by Gasteiger charge is 2.57. The van der Waals surface area contributed by atoms with E-state index in [0.29, 0.717) is 36.5 Å². The second kappa shape index (κ2) is 8.98. The lowest BCUT2D eigenvalue weighted by atomic mass is 9.88. The van der Waals surface area contributed by atoms with Crippen molar-refractivity contribution in [1.29, 1.82) is 0 Å². The molecule has 3 aliphatic heterocycles. The zero-order valence-electron chi connectivity index (χ0n) is 19.3. The van der Waals surface area contributed by atoms with Crippen LogP contribution in [-0.2, 0) is 16.1 Å². The van der Waals surface area contributed by atoms with Crippen molar-refractivity contribution in [3.8, 4) is 11.1 Å². The average molecular weight is 468 g/mol. The van der Waals surface area contributed by atoms with Crippen LogP contribution in [0.15, 0.2) is 41.2 Å². The molecule has 2 amide bonds. The number of fused-ring (bicyclic) bond motifs is 3. The first-order chi connectivity index (χ1) is 16.5. The minimum absolute atomic E-state index is 0.0970. The van der Waals surface area contributed by atoms with Gasteiger partial charge < -0.3 is 19.5 Å². The SMILES string of the molecule is CCC(=O)N1[C@@H]2c3ccc(-c4cccc(F)c4)c(=O)n3C[C@@H]2[C@@H](CO)[C@@H]1C(=O)N1CCCCC1. The Balaban J connectivity index is 1.57. The molecule has 0 aliphatic carbocycles. The zero-order valence-corrected chi connectivity index (χ0v) is 19.3. The van der Waals surface area contributed by atoms with E-state index in [4.69, 9.17) is 0 Å². The van der Waals surface area contributed by atoms with Crippen molar-refractivity contribution in [1.82, 2.24) is 14.4 Å². The molecule has 7 nitrogen and oxygen atoms in total. The van der Waals surface area contributed by atoms with Gasteiger partial charge in [0.15, 0.2) is 0 Å². The number of piperidine rings is 1. The summed E-state index contributed by atoms with van der Waals surface area (Å²) in [5.41, 5.74) is 1.30. The number of benzene rings is 1. The maximum absolute atomic E-state index is 13.8. The van der Waals surface area contributed by atoms with Gasteiger partial charge in [-0.05, 0) is 49.1 Å². The van der Waals surface area contributed by atoms with E-state index in [1.807, 2.05) is 11.0 Å². The highest BCUT2D eigenvalue weighted by Crippen LogP contribution is 2.50. The Morgan fingerprint density at radius 3 is 2.56 bits per heavy atom. The van der Waals surface area contributed by atoms with Crippen molar-refractivity contribution in [2.45, 2.75) is 51.2 Å². The first-order valence-corrected chi connectivity index (χ1v) is 12.2. The quantitative estimate of drug-likeness (QED) is 0.749. The zero-order chi connectivity index (χ0) is 24.0. The van der Waals surface area contributed by atoms with E-state index in [-0.39, 0.29) is 36.3 Å². The molecule has 2 saturated heterocycles. The monoisotopic (exact) mass is 467 g/mol. The van der Waals surface area contributed by atoms with Crippen LogP contribution in [0.1, 0.15) is 44.3 Å². The molecule has 4 atom stereocenters. The van der Waals surface area contributed by atoms with E-state index >= 15 is 0 Å². The Morgan fingerprint density at radius 1 is 1.12 bits per heavy atom. The maximum atomic E-state index is 13.8. The summed E-state index contributed by atoms with van der Waals surface area (Å²) in [4.78, 5) is 43.7. The van der Waals surface area contributed by atoms with Crippen LogP contribution in [0.4, 0.5) is 4.39 Å². The molecule has 0 bridgehead atoms. The number of pyridine rings is 1. The number of rotatable bonds is 4. The summed E-state index contributed by atoms with van der Waals surface area (Å²) in [5, 5.41) is 10.4. The minimum Gasteiger partial charge on any atom is -0.396 e. The van der Waals surface area contributed by atoms with E-state index in [1.165, 1.54) is 12.1 Å². The summed E-state index contributed by atoms with van der Waals surface area (Å²) in [5.74, 6) is -1.36. The van der Waals surface area contributed by atoms with Crippen LogP contribution >= 0.6 is 0 Å². The number of amides is 2. The number of aromatic nitrogens is 1. The Bertz CT molecular complexity index is 1170. The van der Waals surface area contributed by atoms with Gasteiger partial charge in [-0.15, -0.1) is 0 Å². The normalized spacial score (nSPS) is 25.9. The summed E-state index contributed by atoms with van der Waals surface area (Å²) in [6.45, 7) is 3.18. The third-order valence-electron chi connectivity index (χ3n) is 7.72. The van der Waals surface area contributed by atoms with Crippen LogP contribution in [0.5, 0.6) is 0 Å². The van der Waals surface area contributed by atoms with E-state index in [2.05, 4.69) is 0 Å². The van der Waals surface area contributed by atoms with Crippen molar-refractivity contribution >= 4 is 11.8 Å². The van der Waals surface area contributed by atoms with E-state index in [0.717, 1.165) is 19.3 Å². The summed E-state index contributed by atoms with van der Waals surface area (Å²) in [6.07, 6.45) is 3.21. The lowest BCUT2D eigenvalue weighted by Crippen LogP contribution is -2.52. The predicted octanol–water partition coefficient (Wildman–Crippen LogP) is 2.57. The average Bonchev–Trinajstić information content (AvgIpc) is 3.39. The molecule has 0 radical (unpaired) electrons. The second-order valence-electron chi connectivity index (χ2n) is 9.54. The van der Waals surface area contributed by atoms with Gasteiger partial charge in [0.1, 0.15) is 11.9 Å². The standard InChI is InChI=1S/C26H30FN3O4/c1-2-22(32)30-23-19(20(15-31)24(30)26(34)28-11-4-3-5-12-28)14-29-21(23)10-9-18(25(29)33)16-7-6-8-17(27)13-16/h6-10,13,19-20,23-24,31H,2-5,11-12,14-15H2,1H3/t19-,20-,23+,24-/m1/s1. The minimum atomic E-state index is -0.725. The Labute approximate surface area is 197 Å². The van der Waals surface area contributed by atoms with E-state index in [9.17, 15) is 23.9 Å². The number of carbonyl (C=O) groups excluding carboxylic acids is 2. The van der Waals surface area contributed by atoms with Gasteiger partial charge in [0.05, 0.1) is 6.04 Å². The molecule has 0 unspecified atom stereocenters. The van der Waals surface area contributed by atoms with Gasteiger partial charge in [0.25, 0.3) is 5.56 Å². The Morgan fingerprint density at radius 2 is 1.88 bits per heavy atom. The van der Waals surface area contributed by atoms with Crippen molar-refractivity contribution in [3.63, 3.8) is 0 Å². The number of hydrogen-bond acceptors (Lipinski definition) is 4. The van der Waals surface area contributed by atoms with Gasteiger partial charge in [0, 0.05) is 55.8 Å². The fourth-order valence-electron chi connectivity index (χ4n) is 6.11. The highest BCUT2D eigenvalue weighted by atomic mass is 19.1.